The maximum atomic E-state index is 11.1. The summed E-state index contributed by atoms with van der Waals surface area (Å²) in [7, 11) is 0. The quantitative estimate of drug-likeness (QED) is 0.522. The summed E-state index contributed by atoms with van der Waals surface area (Å²) >= 11 is 0. The molecule has 0 rings (SSSR count). The fourth-order valence-corrected chi connectivity index (χ4v) is 0.197. The minimum Gasteiger partial charge on any atom is -0.412 e. The topological polar surface area (TPSA) is 26.3 Å². The van der Waals surface area contributed by atoms with Crippen LogP contribution in [-0.4, -0.2) is 17.8 Å². The average Bonchev–Trinajstić information content (AvgIpc) is 1.64. The van der Waals surface area contributed by atoms with Gasteiger partial charge < -0.3 is 4.74 Å². The molecular formula is C3H5F3NO2+. The van der Waals surface area contributed by atoms with Crippen LogP contribution in [0, 0.1) is 0 Å². The Morgan fingerprint density at radius 2 is 2.00 bits per heavy atom. The number of halogens is 3. The van der Waals surface area contributed by atoms with E-state index in [4.69, 9.17) is 0 Å². The third-order valence-electron chi connectivity index (χ3n) is 0.475. The van der Waals surface area contributed by atoms with E-state index in [0.717, 1.165) is 0 Å². The van der Waals surface area contributed by atoms with E-state index in [-0.39, 0.29) is 6.61 Å². The molecule has 3 nitrogen and oxygen atoms in total. The van der Waals surface area contributed by atoms with Gasteiger partial charge in [0.15, 0.2) is 0 Å². The standard InChI is InChI=1S/C3H5F3NO2/c1-2-9-3(8)7(4,5)6/h2H2,1H3/q+1. The lowest BCUT2D eigenvalue weighted by Gasteiger charge is -1.95. The lowest BCUT2D eigenvalue weighted by Crippen LogP contribution is -2.28. The van der Waals surface area contributed by atoms with E-state index in [9.17, 15) is 18.2 Å². The highest BCUT2D eigenvalue weighted by Gasteiger charge is 2.46. The second-order valence-corrected chi connectivity index (χ2v) is 1.14. The SMILES string of the molecule is CCOC(=O)[N+](F)(F)F. The van der Waals surface area contributed by atoms with Crippen LogP contribution in [0.25, 0.3) is 0 Å². The van der Waals surface area contributed by atoms with Gasteiger partial charge in [-0.1, -0.05) is 0 Å². The van der Waals surface area contributed by atoms with Crippen LogP contribution < -0.4 is 0 Å². The van der Waals surface area contributed by atoms with Gasteiger partial charge in [-0.3, -0.25) is 0 Å². The largest absolute Gasteiger partial charge is 0.641 e. The molecule has 0 aromatic heterocycles. The maximum absolute atomic E-state index is 11.1. The number of amides is 1. The summed E-state index contributed by atoms with van der Waals surface area (Å²) in [6, 6.07) is 0. The molecule has 0 heterocycles. The molecule has 9 heavy (non-hydrogen) atoms. The number of hydrogen-bond donors (Lipinski definition) is 0. The minimum atomic E-state index is -4.27. The van der Waals surface area contributed by atoms with Crippen molar-refractivity contribution in [2.75, 3.05) is 6.61 Å². The third-order valence-corrected chi connectivity index (χ3v) is 0.475. The van der Waals surface area contributed by atoms with Gasteiger partial charge in [-0.25, -0.2) is 0 Å². The fourth-order valence-electron chi connectivity index (χ4n) is 0.197. The van der Waals surface area contributed by atoms with E-state index in [1.165, 1.54) is 6.92 Å². The minimum absolute atomic E-state index is 0.267. The van der Waals surface area contributed by atoms with E-state index in [0.29, 0.717) is 0 Å². The van der Waals surface area contributed by atoms with Crippen LogP contribution in [0.15, 0.2) is 0 Å². The number of carbonyl (C=O) groups is 1. The van der Waals surface area contributed by atoms with Crippen LogP contribution in [0.1, 0.15) is 6.92 Å². The number of rotatable bonds is 1. The van der Waals surface area contributed by atoms with Crippen molar-refractivity contribution in [2.24, 2.45) is 0 Å². The Labute approximate surface area is 49.0 Å². The summed E-state index contributed by atoms with van der Waals surface area (Å²) in [5.41, 5.74) is 0. The van der Waals surface area contributed by atoms with E-state index in [1.54, 1.807) is 0 Å². The third kappa shape index (κ3) is 2.91. The van der Waals surface area contributed by atoms with Gasteiger partial charge in [0, 0.05) is 0 Å². The van der Waals surface area contributed by atoms with Crippen LogP contribution in [0.5, 0.6) is 0 Å². The van der Waals surface area contributed by atoms with Crippen molar-refractivity contribution in [1.82, 2.24) is 0 Å². The summed E-state index contributed by atoms with van der Waals surface area (Å²) in [5.74, 6) is 0. The smallest absolute Gasteiger partial charge is 0.412 e. The molecule has 0 aromatic carbocycles. The highest BCUT2D eigenvalue weighted by molar-refractivity contribution is 5.57. The average molecular weight is 144 g/mol. The molecule has 0 aliphatic heterocycles. The molecule has 0 saturated heterocycles. The van der Waals surface area contributed by atoms with Crippen LogP contribution in [0.4, 0.5) is 18.2 Å². The van der Waals surface area contributed by atoms with Gasteiger partial charge in [0.2, 0.25) is 0 Å². The summed E-state index contributed by atoms with van der Waals surface area (Å²) in [4.78, 5) is 9.69. The molecule has 0 unspecified atom stereocenters. The molecule has 0 bridgehead atoms. The molecule has 0 aliphatic carbocycles. The first-order valence-corrected chi connectivity index (χ1v) is 2.13. The van der Waals surface area contributed by atoms with E-state index in [1.807, 2.05) is 0 Å². The van der Waals surface area contributed by atoms with Gasteiger partial charge in [-0.05, 0) is 6.92 Å². The zero-order valence-corrected chi connectivity index (χ0v) is 4.60. The van der Waals surface area contributed by atoms with Crippen LogP contribution in [0.3, 0.4) is 0 Å². The van der Waals surface area contributed by atoms with Crippen LogP contribution in [0.2, 0.25) is 0 Å². The Kier molecular flexibility index (Phi) is 2.44. The molecule has 0 N–H and O–H groups in total. The van der Waals surface area contributed by atoms with Crippen molar-refractivity contribution in [3.8, 4) is 0 Å². The molecule has 1 amide bonds. The zero-order valence-electron chi connectivity index (χ0n) is 4.60. The van der Waals surface area contributed by atoms with Gasteiger partial charge in [0.1, 0.15) is 13.4 Å². The Balaban J connectivity index is 3.74. The highest BCUT2D eigenvalue weighted by atomic mass is 19.6. The van der Waals surface area contributed by atoms with Crippen molar-refractivity contribution >= 4 is 6.09 Å². The molecule has 6 heteroatoms. The molecule has 0 aliphatic rings. The number of quaternary nitrogens is 1. The van der Waals surface area contributed by atoms with Gasteiger partial charge >= 0.3 is 11.2 Å². The lowest BCUT2D eigenvalue weighted by atomic mass is 10.9. The van der Waals surface area contributed by atoms with Gasteiger partial charge in [-0.15, -0.1) is 0 Å². The fraction of sp³-hybridized carbons (Fsp3) is 0.667. The van der Waals surface area contributed by atoms with Crippen molar-refractivity contribution < 1.29 is 28.1 Å². The second kappa shape index (κ2) is 2.67. The predicted molar refractivity (Wildman–Crippen MR) is 20.6 cm³/mol. The zero-order chi connectivity index (χ0) is 7.49. The lowest BCUT2D eigenvalue weighted by molar-refractivity contribution is -1.21. The van der Waals surface area contributed by atoms with E-state index < -0.39 is 11.2 Å². The molecule has 0 aromatic rings. The predicted octanol–water partition coefficient (Wildman–Crippen LogP) is 1.61. The summed E-state index contributed by atoms with van der Waals surface area (Å²) in [5, 5.41) is -4.27. The van der Waals surface area contributed by atoms with Gasteiger partial charge in [0.25, 0.3) is 0 Å². The monoisotopic (exact) mass is 144 g/mol. The molecular weight excluding hydrogens is 139 g/mol. The highest BCUT2D eigenvalue weighted by Crippen LogP contribution is 2.12. The van der Waals surface area contributed by atoms with Crippen LogP contribution in [-0.2, 0) is 4.74 Å². The van der Waals surface area contributed by atoms with Crippen LogP contribution >= 0.6 is 0 Å². The first-order chi connectivity index (χ1) is 3.98. The van der Waals surface area contributed by atoms with Crippen molar-refractivity contribution in [1.29, 1.82) is 0 Å². The number of nitrogens with zero attached hydrogens (tertiary/aromatic N) is 1. The number of hydrogen-bond acceptors (Lipinski definition) is 2. The normalized spacial score (nSPS) is 11.1. The second-order valence-electron chi connectivity index (χ2n) is 1.14. The molecule has 0 saturated carbocycles. The van der Waals surface area contributed by atoms with Crippen molar-refractivity contribution in [2.45, 2.75) is 6.92 Å². The summed E-state index contributed by atoms with van der Waals surface area (Å²) in [6.07, 6.45) is -2.20. The summed E-state index contributed by atoms with van der Waals surface area (Å²) < 4.78 is 36.9. The molecule has 0 fully saturated rings. The summed E-state index contributed by atoms with van der Waals surface area (Å²) in [6.45, 7) is 1.03. The molecule has 0 spiro atoms. The molecule has 0 radical (unpaired) electrons. The van der Waals surface area contributed by atoms with Crippen molar-refractivity contribution in [3.63, 3.8) is 0 Å². The molecule has 54 valence electrons. The van der Waals surface area contributed by atoms with Crippen molar-refractivity contribution in [3.05, 3.63) is 0 Å². The van der Waals surface area contributed by atoms with Gasteiger partial charge in [0.05, 0.1) is 6.61 Å². The molecule has 0 atom stereocenters. The van der Waals surface area contributed by atoms with E-state index in [2.05, 4.69) is 4.74 Å². The number of carbonyl (C=O) groups excluding carboxylic acids is 1. The Morgan fingerprint density at radius 1 is 1.56 bits per heavy atom. The Morgan fingerprint density at radius 3 is 2.11 bits per heavy atom. The Bertz CT molecular complexity index is 110. The number of ether oxygens (including phenoxy) is 1. The first kappa shape index (κ1) is 8.22. The maximum Gasteiger partial charge on any atom is 0.641 e. The van der Waals surface area contributed by atoms with Gasteiger partial charge in [-0.2, -0.15) is 4.79 Å². The first-order valence-electron chi connectivity index (χ1n) is 2.13. The Hall–Kier alpha value is -0.780. The van der Waals surface area contributed by atoms with E-state index >= 15 is 0 Å².